The van der Waals surface area contributed by atoms with E-state index in [1.54, 1.807) is 13.1 Å². The number of imidazole rings is 1. The zero-order chi connectivity index (χ0) is 10.3. The molecule has 0 saturated carbocycles. The number of phenolic OH excluding ortho intramolecular Hbond substituents is 1. The Bertz CT molecular complexity index is 516. The van der Waals surface area contributed by atoms with Gasteiger partial charge in [0.15, 0.2) is 0 Å². The van der Waals surface area contributed by atoms with Crippen molar-refractivity contribution in [3.63, 3.8) is 0 Å². The van der Waals surface area contributed by atoms with Crippen molar-refractivity contribution in [2.24, 2.45) is 7.05 Å². The van der Waals surface area contributed by atoms with Gasteiger partial charge in [0.05, 0.1) is 11.0 Å². The van der Waals surface area contributed by atoms with Crippen LogP contribution in [0.5, 0.6) is 5.75 Å². The van der Waals surface area contributed by atoms with Gasteiger partial charge in [-0.1, -0.05) is 0 Å². The Kier molecular flexibility index (Phi) is 1.67. The predicted octanol–water partition coefficient (Wildman–Crippen LogP) is 0.977. The third kappa shape index (κ3) is 1.10. The van der Waals surface area contributed by atoms with Gasteiger partial charge >= 0.3 is 5.97 Å². The van der Waals surface area contributed by atoms with Crippen molar-refractivity contribution in [3.8, 4) is 5.75 Å². The van der Waals surface area contributed by atoms with Gasteiger partial charge in [-0.3, -0.25) is 0 Å². The van der Waals surface area contributed by atoms with E-state index in [0.29, 0.717) is 11.0 Å². The van der Waals surface area contributed by atoms with E-state index in [1.807, 2.05) is 0 Å². The molecule has 1 heterocycles. The highest BCUT2D eigenvalue weighted by Crippen LogP contribution is 2.19. The first kappa shape index (κ1) is 8.55. The second-order valence-corrected chi connectivity index (χ2v) is 2.97. The number of benzene rings is 1. The first-order valence-corrected chi connectivity index (χ1v) is 3.98. The van der Waals surface area contributed by atoms with Crippen LogP contribution in [0.25, 0.3) is 11.0 Å². The fourth-order valence-electron chi connectivity index (χ4n) is 1.38. The molecule has 1 aromatic heterocycles. The van der Waals surface area contributed by atoms with Crippen LogP contribution in [0, 0.1) is 0 Å². The molecular weight excluding hydrogens is 184 g/mol. The molecular formula is C9H8N2O3. The smallest absolute Gasteiger partial charge is 0.372 e. The lowest BCUT2D eigenvalue weighted by atomic mass is 10.3. The van der Waals surface area contributed by atoms with Crippen molar-refractivity contribution < 1.29 is 15.0 Å². The summed E-state index contributed by atoms with van der Waals surface area (Å²) in [6.07, 6.45) is 0. The molecule has 0 atom stereocenters. The molecule has 0 aliphatic rings. The van der Waals surface area contributed by atoms with Crippen LogP contribution >= 0.6 is 0 Å². The molecule has 0 bridgehead atoms. The average Bonchev–Trinajstić information content (AvgIpc) is 2.43. The molecule has 0 aliphatic heterocycles. The molecule has 1 aromatic carbocycles. The van der Waals surface area contributed by atoms with Crippen molar-refractivity contribution in [1.82, 2.24) is 9.55 Å². The molecule has 0 radical (unpaired) electrons. The Morgan fingerprint density at radius 3 is 2.86 bits per heavy atom. The van der Waals surface area contributed by atoms with E-state index in [9.17, 15) is 9.90 Å². The maximum absolute atomic E-state index is 10.7. The quantitative estimate of drug-likeness (QED) is 0.706. The summed E-state index contributed by atoms with van der Waals surface area (Å²) >= 11 is 0. The van der Waals surface area contributed by atoms with Gasteiger partial charge in [0.1, 0.15) is 5.75 Å². The molecule has 5 heteroatoms. The summed E-state index contributed by atoms with van der Waals surface area (Å²) in [5.74, 6) is -1.04. The number of hydrogen-bond acceptors (Lipinski definition) is 3. The van der Waals surface area contributed by atoms with E-state index in [1.165, 1.54) is 16.7 Å². The van der Waals surface area contributed by atoms with Gasteiger partial charge in [-0.25, -0.2) is 9.78 Å². The summed E-state index contributed by atoms with van der Waals surface area (Å²) in [4.78, 5) is 14.6. The Morgan fingerprint density at radius 2 is 2.21 bits per heavy atom. The Labute approximate surface area is 79.2 Å². The molecule has 0 spiro atoms. The molecule has 14 heavy (non-hydrogen) atoms. The van der Waals surface area contributed by atoms with Crippen LogP contribution in [0.2, 0.25) is 0 Å². The number of aromatic nitrogens is 2. The standard InChI is InChI=1S/C9H8N2O3/c1-11-7-3-2-5(12)4-6(7)10-8(11)9(13)14/h2-4,12H,1H3,(H,13,14). The maximum atomic E-state index is 10.7. The van der Waals surface area contributed by atoms with Gasteiger partial charge in [-0.05, 0) is 12.1 Å². The normalized spacial score (nSPS) is 10.6. The molecule has 0 saturated heterocycles. The predicted molar refractivity (Wildman–Crippen MR) is 49.3 cm³/mol. The van der Waals surface area contributed by atoms with E-state index in [0.717, 1.165) is 0 Å². The van der Waals surface area contributed by atoms with Gasteiger partial charge in [0, 0.05) is 13.1 Å². The number of carboxylic acid groups (broad SMARTS) is 1. The van der Waals surface area contributed by atoms with E-state index in [2.05, 4.69) is 4.98 Å². The Balaban J connectivity index is 2.79. The minimum absolute atomic E-state index is 0.0365. The molecule has 72 valence electrons. The molecule has 0 aliphatic carbocycles. The first-order chi connectivity index (χ1) is 6.59. The van der Waals surface area contributed by atoms with Crippen molar-refractivity contribution in [3.05, 3.63) is 24.0 Å². The average molecular weight is 192 g/mol. The molecule has 0 fully saturated rings. The minimum Gasteiger partial charge on any atom is -0.508 e. The lowest BCUT2D eigenvalue weighted by molar-refractivity contribution is 0.0680. The minimum atomic E-state index is -1.08. The van der Waals surface area contributed by atoms with Crippen LogP contribution in [0.3, 0.4) is 0 Å². The highest BCUT2D eigenvalue weighted by atomic mass is 16.4. The molecule has 2 rings (SSSR count). The number of rotatable bonds is 1. The lowest BCUT2D eigenvalue weighted by Crippen LogP contribution is -2.05. The van der Waals surface area contributed by atoms with Crippen LogP contribution in [0.4, 0.5) is 0 Å². The molecule has 2 N–H and O–H groups in total. The fourth-order valence-corrected chi connectivity index (χ4v) is 1.38. The number of hydrogen-bond donors (Lipinski definition) is 2. The van der Waals surface area contributed by atoms with E-state index < -0.39 is 5.97 Å². The number of aromatic carboxylic acids is 1. The number of aromatic hydroxyl groups is 1. The van der Waals surface area contributed by atoms with Crippen molar-refractivity contribution in [1.29, 1.82) is 0 Å². The van der Waals surface area contributed by atoms with Crippen molar-refractivity contribution in [2.45, 2.75) is 0 Å². The van der Waals surface area contributed by atoms with Crippen molar-refractivity contribution in [2.75, 3.05) is 0 Å². The maximum Gasteiger partial charge on any atom is 0.372 e. The largest absolute Gasteiger partial charge is 0.508 e. The molecule has 0 amide bonds. The van der Waals surface area contributed by atoms with E-state index in [-0.39, 0.29) is 11.6 Å². The number of carboxylic acids is 1. The summed E-state index contributed by atoms with van der Waals surface area (Å²) in [6, 6.07) is 4.56. The zero-order valence-corrected chi connectivity index (χ0v) is 7.43. The third-order valence-corrected chi connectivity index (χ3v) is 2.06. The highest BCUT2D eigenvalue weighted by Gasteiger charge is 2.13. The lowest BCUT2D eigenvalue weighted by Gasteiger charge is -1.96. The third-order valence-electron chi connectivity index (χ3n) is 2.06. The van der Waals surface area contributed by atoms with E-state index >= 15 is 0 Å². The van der Waals surface area contributed by atoms with E-state index in [4.69, 9.17) is 5.11 Å². The Hall–Kier alpha value is -2.04. The second kappa shape index (κ2) is 2.73. The van der Waals surface area contributed by atoms with Crippen LogP contribution in [-0.2, 0) is 7.05 Å². The zero-order valence-electron chi connectivity index (χ0n) is 7.43. The fraction of sp³-hybridized carbons (Fsp3) is 0.111. The summed E-state index contributed by atoms with van der Waals surface area (Å²) in [5.41, 5.74) is 1.16. The molecule has 0 unspecified atom stereocenters. The first-order valence-electron chi connectivity index (χ1n) is 3.98. The number of fused-ring (bicyclic) bond motifs is 1. The number of nitrogens with zero attached hydrogens (tertiary/aromatic N) is 2. The number of aryl methyl sites for hydroxylation is 1. The summed E-state index contributed by atoms with van der Waals surface area (Å²) < 4.78 is 1.47. The molecule has 2 aromatic rings. The topological polar surface area (TPSA) is 75.4 Å². The van der Waals surface area contributed by atoms with Gasteiger partial charge in [0.2, 0.25) is 5.82 Å². The van der Waals surface area contributed by atoms with Gasteiger partial charge in [0.25, 0.3) is 0 Å². The molecule has 5 nitrogen and oxygen atoms in total. The van der Waals surface area contributed by atoms with Crippen LogP contribution in [0.1, 0.15) is 10.6 Å². The van der Waals surface area contributed by atoms with Crippen LogP contribution < -0.4 is 0 Å². The van der Waals surface area contributed by atoms with Gasteiger partial charge in [-0.2, -0.15) is 0 Å². The summed E-state index contributed by atoms with van der Waals surface area (Å²) in [7, 11) is 1.62. The van der Waals surface area contributed by atoms with Crippen LogP contribution in [-0.4, -0.2) is 25.7 Å². The summed E-state index contributed by atoms with van der Waals surface area (Å²) in [6.45, 7) is 0. The summed E-state index contributed by atoms with van der Waals surface area (Å²) in [5, 5.41) is 18.0. The SMILES string of the molecule is Cn1c(C(=O)O)nc2cc(O)ccc21. The van der Waals surface area contributed by atoms with Crippen LogP contribution in [0.15, 0.2) is 18.2 Å². The Morgan fingerprint density at radius 1 is 1.50 bits per heavy atom. The monoisotopic (exact) mass is 192 g/mol. The number of carbonyl (C=O) groups is 1. The second-order valence-electron chi connectivity index (χ2n) is 2.97. The number of phenols is 1. The van der Waals surface area contributed by atoms with Crippen molar-refractivity contribution >= 4 is 17.0 Å². The van der Waals surface area contributed by atoms with Gasteiger partial charge in [-0.15, -0.1) is 0 Å². The van der Waals surface area contributed by atoms with Gasteiger partial charge < -0.3 is 14.8 Å². The highest BCUT2D eigenvalue weighted by molar-refractivity contribution is 5.90.